The van der Waals surface area contributed by atoms with E-state index in [1.165, 1.54) is 0 Å². The summed E-state index contributed by atoms with van der Waals surface area (Å²) in [5.41, 5.74) is 2.79. The monoisotopic (exact) mass is 320 g/mol. The molecule has 1 aliphatic rings. The molecule has 0 radical (unpaired) electrons. The molecule has 0 aliphatic carbocycles. The molecule has 0 saturated carbocycles. The van der Waals surface area contributed by atoms with Crippen molar-refractivity contribution in [2.45, 2.75) is 6.04 Å². The van der Waals surface area contributed by atoms with Crippen molar-refractivity contribution >= 4 is 16.7 Å². The third kappa shape index (κ3) is 2.75. The summed E-state index contributed by atoms with van der Waals surface area (Å²) in [5.74, 6) is 0.139. The van der Waals surface area contributed by atoms with Crippen molar-refractivity contribution in [3.8, 4) is 0 Å². The highest BCUT2D eigenvalue weighted by Crippen LogP contribution is 2.29. The smallest absolute Gasteiger partial charge is 0.186 e. The summed E-state index contributed by atoms with van der Waals surface area (Å²) < 4.78 is 5.47. The van der Waals surface area contributed by atoms with Crippen LogP contribution in [0.5, 0.6) is 0 Å². The number of Topliss-reactive ketones (excluding diaryl/α,β-unsaturated/α-hetero) is 1. The molecule has 4 nitrogen and oxygen atoms in total. The minimum absolute atomic E-state index is 0.139. The van der Waals surface area contributed by atoms with Crippen LogP contribution in [-0.2, 0) is 4.74 Å². The van der Waals surface area contributed by atoms with Gasteiger partial charge in [-0.2, -0.15) is 0 Å². The van der Waals surface area contributed by atoms with E-state index in [0.717, 1.165) is 35.1 Å². The Morgan fingerprint density at radius 1 is 1.00 bits per heavy atom. The summed E-state index contributed by atoms with van der Waals surface area (Å²) in [4.78, 5) is 18.9. The molecule has 122 valence electrons. The van der Waals surface area contributed by atoms with E-state index in [9.17, 15) is 4.79 Å². The summed E-state index contributed by atoms with van der Waals surface area (Å²) in [6.07, 6.45) is 1.84. The first kappa shape index (κ1) is 15.1. The van der Waals surface area contributed by atoms with Crippen LogP contribution < -0.4 is 0 Å². The molecular formula is C20H20N2O2. The summed E-state index contributed by atoms with van der Waals surface area (Å²) in [5, 5.41) is 0.983. The number of carbonyl (C=O) groups excluding carboxylic acids is 1. The number of rotatable bonds is 4. The van der Waals surface area contributed by atoms with Crippen molar-refractivity contribution in [1.82, 2.24) is 9.88 Å². The summed E-state index contributed by atoms with van der Waals surface area (Å²) in [6.45, 7) is 2.89. The van der Waals surface area contributed by atoms with Crippen LogP contribution in [0.25, 0.3) is 10.9 Å². The van der Waals surface area contributed by atoms with Crippen molar-refractivity contribution in [2.75, 3.05) is 26.3 Å². The van der Waals surface area contributed by atoms with Crippen molar-refractivity contribution in [2.24, 2.45) is 0 Å². The highest BCUT2D eigenvalue weighted by Gasteiger charge is 2.30. The van der Waals surface area contributed by atoms with Gasteiger partial charge >= 0.3 is 0 Å². The Morgan fingerprint density at radius 3 is 2.50 bits per heavy atom. The predicted octanol–water partition coefficient (Wildman–Crippen LogP) is 3.42. The van der Waals surface area contributed by atoms with Crippen LogP contribution in [0.4, 0.5) is 0 Å². The first-order valence-corrected chi connectivity index (χ1v) is 8.31. The van der Waals surface area contributed by atoms with Gasteiger partial charge in [-0.1, -0.05) is 48.5 Å². The number of ether oxygens (including phenoxy) is 1. The standard InChI is InChI=1S/C20H20N2O2/c23-20(17-14-21-18-9-5-4-8-16(17)18)19(15-6-2-1-3-7-15)22-10-12-24-13-11-22/h1-9,14,19,21H,10-13H2/t19-/m0/s1. The molecule has 1 atom stereocenters. The Hall–Kier alpha value is -2.43. The van der Waals surface area contributed by atoms with Crippen molar-refractivity contribution < 1.29 is 9.53 Å². The largest absolute Gasteiger partial charge is 0.379 e. The molecular weight excluding hydrogens is 300 g/mol. The van der Waals surface area contributed by atoms with Gasteiger partial charge in [-0.05, 0) is 11.6 Å². The van der Waals surface area contributed by atoms with Gasteiger partial charge in [0.2, 0.25) is 0 Å². The van der Waals surface area contributed by atoms with E-state index in [2.05, 4.69) is 9.88 Å². The second kappa shape index (κ2) is 6.59. The van der Waals surface area contributed by atoms with E-state index in [1.54, 1.807) is 0 Å². The van der Waals surface area contributed by atoms with Gasteiger partial charge in [-0.15, -0.1) is 0 Å². The maximum Gasteiger partial charge on any atom is 0.186 e. The van der Waals surface area contributed by atoms with Crippen molar-refractivity contribution in [1.29, 1.82) is 0 Å². The summed E-state index contributed by atoms with van der Waals surface area (Å²) >= 11 is 0. The first-order valence-electron chi connectivity index (χ1n) is 8.31. The fourth-order valence-corrected chi connectivity index (χ4v) is 3.42. The molecule has 2 heterocycles. The molecule has 24 heavy (non-hydrogen) atoms. The van der Waals surface area contributed by atoms with Crippen LogP contribution in [0.2, 0.25) is 0 Å². The Labute approximate surface area is 141 Å². The van der Waals surface area contributed by atoms with Crippen molar-refractivity contribution in [3.63, 3.8) is 0 Å². The lowest BCUT2D eigenvalue weighted by Gasteiger charge is -2.33. The molecule has 2 aromatic carbocycles. The van der Waals surface area contributed by atoms with E-state index < -0.39 is 0 Å². The third-order valence-electron chi connectivity index (χ3n) is 4.63. The minimum atomic E-state index is -0.269. The van der Waals surface area contributed by atoms with Gasteiger partial charge in [0.25, 0.3) is 0 Å². The average Bonchev–Trinajstić information content (AvgIpc) is 3.08. The van der Waals surface area contributed by atoms with Crippen LogP contribution in [-0.4, -0.2) is 42.0 Å². The number of hydrogen-bond donors (Lipinski definition) is 1. The number of fused-ring (bicyclic) bond motifs is 1. The summed E-state index contributed by atoms with van der Waals surface area (Å²) in [7, 11) is 0. The second-order valence-electron chi connectivity index (χ2n) is 6.07. The molecule has 0 amide bonds. The van der Waals surface area contributed by atoms with E-state index in [-0.39, 0.29) is 11.8 Å². The quantitative estimate of drug-likeness (QED) is 0.749. The SMILES string of the molecule is O=C(c1c[nH]c2ccccc12)[C@H](c1ccccc1)N1CCOCC1. The molecule has 0 bridgehead atoms. The Kier molecular flexibility index (Phi) is 4.15. The number of ketones is 1. The van der Waals surface area contributed by atoms with E-state index in [4.69, 9.17) is 4.74 Å². The molecule has 1 aliphatic heterocycles. The number of carbonyl (C=O) groups is 1. The number of nitrogens with one attached hydrogen (secondary N) is 1. The van der Waals surface area contributed by atoms with Crippen LogP contribution in [0, 0.1) is 0 Å². The number of para-hydroxylation sites is 1. The van der Waals surface area contributed by atoms with Gasteiger partial charge < -0.3 is 9.72 Å². The number of H-pyrrole nitrogens is 1. The Balaban J connectivity index is 1.76. The maximum atomic E-state index is 13.4. The molecule has 0 spiro atoms. The lowest BCUT2D eigenvalue weighted by molar-refractivity contribution is 0.0173. The van der Waals surface area contributed by atoms with Gasteiger partial charge in [0, 0.05) is 35.8 Å². The third-order valence-corrected chi connectivity index (χ3v) is 4.63. The molecule has 1 N–H and O–H groups in total. The fourth-order valence-electron chi connectivity index (χ4n) is 3.42. The van der Waals surface area contributed by atoms with Crippen LogP contribution in [0.1, 0.15) is 22.0 Å². The zero-order chi connectivity index (χ0) is 16.4. The molecule has 3 aromatic rings. The number of aromatic nitrogens is 1. The zero-order valence-electron chi connectivity index (χ0n) is 13.4. The number of nitrogens with zero attached hydrogens (tertiary/aromatic N) is 1. The highest BCUT2D eigenvalue weighted by atomic mass is 16.5. The highest BCUT2D eigenvalue weighted by molar-refractivity contribution is 6.10. The van der Waals surface area contributed by atoms with Crippen LogP contribution in [0.15, 0.2) is 60.8 Å². The lowest BCUT2D eigenvalue weighted by Crippen LogP contribution is -2.42. The molecule has 0 unspecified atom stereocenters. The predicted molar refractivity (Wildman–Crippen MR) is 94.2 cm³/mol. The van der Waals surface area contributed by atoms with E-state index in [1.807, 2.05) is 60.8 Å². The molecule has 1 fully saturated rings. The normalized spacial score (nSPS) is 17.0. The average molecular weight is 320 g/mol. The topological polar surface area (TPSA) is 45.3 Å². The van der Waals surface area contributed by atoms with E-state index in [0.29, 0.717) is 13.2 Å². The molecule has 1 saturated heterocycles. The van der Waals surface area contributed by atoms with E-state index >= 15 is 0 Å². The second-order valence-corrected chi connectivity index (χ2v) is 6.07. The van der Waals surface area contributed by atoms with Gasteiger partial charge in [-0.25, -0.2) is 0 Å². The van der Waals surface area contributed by atoms with Gasteiger partial charge in [-0.3, -0.25) is 9.69 Å². The number of benzene rings is 2. The maximum absolute atomic E-state index is 13.4. The van der Waals surface area contributed by atoms with Gasteiger partial charge in [0.05, 0.1) is 19.3 Å². The molecule has 1 aromatic heterocycles. The molecule has 4 heteroatoms. The Bertz CT molecular complexity index is 835. The first-order chi connectivity index (χ1) is 11.8. The summed E-state index contributed by atoms with van der Waals surface area (Å²) in [6, 6.07) is 17.7. The number of morpholine rings is 1. The minimum Gasteiger partial charge on any atom is -0.379 e. The number of aromatic amines is 1. The number of hydrogen-bond acceptors (Lipinski definition) is 3. The zero-order valence-corrected chi connectivity index (χ0v) is 13.4. The Morgan fingerprint density at radius 2 is 1.71 bits per heavy atom. The van der Waals surface area contributed by atoms with Gasteiger partial charge in [0.1, 0.15) is 0 Å². The van der Waals surface area contributed by atoms with Crippen molar-refractivity contribution in [3.05, 3.63) is 71.9 Å². The lowest BCUT2D eigenvalue weighted by atomic mass is 9.95. The van der Waals surface area contributed by atoms with Crippen LogP contribution >= 0.6 is 0 Å². The van der Waals surface area contributed by atoms with Crippen LogP contribution in [0.3, 0.4) is 0 Å². The van der Waals surface area contributed by atoms with Gasteiger partial charge in [0.15, 0.2) is 5.78 Å². The fraction of sp³-hybridized carbons (Fsp3) is 0.250. The molecule has 4 rings (SSSR count).